The zero-order valence-electron chi connectivity index (χ0n) is 63.0. The first kappa shape index (κ1) is 77.5. The second-order valence-electron chi connectivity index (χ2n) is 30.5. The Morgan fingerprint density at radius 3 is 1.08 bits per heavy atom. The van der Waals surface area contributed by atoms with Crippen molar-refractivity contribution in [2.24, 2.45) is 11.8 Å². The molecule has 2 aliphatic rings. The summed E-state index contributed by atoms with van der Waals surface area (Å²) in [7, 11) is 0. The molecule has 5 aromatic heterocycles. The Morgan fingerprint density at radius 1 is 0.327 bits per heavy atom. The fourth-order valence-electron chi connectivity index (χ4n) is 16.4. The molecule has 0 aliphatic carbocycles. The predicted octanol–water partition coefficient (Wildman–Crippen LogP) is 28.9. The Labute approximate surface area is 634 Å². The van der Waals surface area contributed by atoms with Crippen LogP contribution in [-0.2, 0) is 9.59 Å². The van der Waals surface area contributed by atoms with Gasteiger partial charge in [0.2, 0.25) is 0 Å². The van der Waals surface area contributed by atoms with Crippen LogP contribution in [0.1, 0.15) is 304 Å². The zero-order valence-corrected chi connectivity index (χ0v) is 68.9. The molecule has 2 amide bonds. The molecule has 0 N–H and O–H groups in total. The van der Waals surface area contributed by atoms with E-state index in [1.807, 2.05) is 34.0 Å². The third-order valence-corrected chi connectivity index (χ3v) is 31.1. The summed E-state index contributed by atoms with van der Waals surface area (Å²) in [6, 6.07) is 41.9. The first-order valence-electron chi connectivity index (χ1n) is 40.9. The van der Waals surface area contributed by atoms with Gasteiger partial charge in [0.05, 0.1) is 0 Å². The van der Waals surface area contributed by atoms with Crippen molar-refractivity contribution in [2.75, 3.05) is 13.1 Å². The Bertz CT molecular complexity index is 4120. The van der Waals surface area contributed by atoms with Gasteiger partial charge in [-0.05, 0) is 6.92 Å². The number of rotatable bonds is 49. The van der Waals surface area contributed by atoms with Gasteiger partial charge in [-0.3, -0.25) is 0 Å². The Kier molecular flexibility index (Phi) is 31.3. The Morgan fingerprint density at radius 2 is 0.673 bits per heavy atom. The summed E-state index contributed by atoms with van der Waals surface area (Å²) in [6.07, 6.45) is 51.8. The number of carbonyl (C=O) groups excluding carboxylic acids is 2. The Balaban J connectivity index is 0.924. The van der Waals surface area contributed by atoms with Crippen molar-refractivity contribution >= 4 is 128 Å². The molecule has 0 fully saturated rings. The third-order valence-electron chi connectivity index (χ3n) is 22.3. The molecule has 11 rings (SSSR count). The predicted molar refractivity (Wildman–Crippen MR) is 448 cm³/mol. The van der Waals surface area contributed by atoms with Gasteiger partial charge in [-0.15, -0.1) is 0 Å². The Hall–Kier alpha value is -4.56. The summed E-state index contributed by atoms with van der Waals surface area (Å²) < 4.78 is 8.35. The zero-order chi connectivity index (χ0) is 70.1. The second-order valence-corrected chi connectivity index (χ2v) is 38.7. The van der Waals surface area contributed by atoms with Crippen molar-refractivity contribution in [1.82, 2.24) is 9.80 Å². The van der Waals surface area contributed by atoms with E-state index in [9.17, 15) is 0 Å². The molecule has 542 valence electrons. The molecule has 0 saturated heterocycles. The van der Waals surface area contributed by atoms with Gasteiger partial charge in [0.15, 0.2) is 0 Å². The third kappa shape index (κ3) is 20.9. The van der Waals surface area contributed by atoms with E-state index >= 15 is 9.59 Å². The number of fused-ring (bicyclic) bond motifs is 8. The molecule has 2 unspecified atom stereocenters. The van der Waals surface area contributed by atoms with Gasteiger partial charge in [-0.1, -0.05) is 182 Å². The van der Waals surface area contributed by atoms with Crippen LogP contribution in [0, 0.1) is 25.7 Å². The van der Waals surface area contributed by atoms with Gasteiger partial charge >= 0.3 is 451 Å². The minimum atomic E-state index is 0.0618. The van der Waals surface area contributed by atoms with Crippen LogP contribution in [0.3, 0.4) is 0 Å². The summed E-state index contributed by atoms with van der Waals surface area (Å²) >= 11 is 5.94. The molecule has 4 nitrogen and oxygen atoms in total. The van der Waals surface area contributed by atoms with Gasteiger partial charge in [0, 0.05) is 0 Å². The molecule has 0 saturated carbocycles. The van der Waals surface area contributed by atoms with Crippen LogP contribution in [0.2, 0.25) is 0 Å². The number of carbonyl (C=O) groups is 2. The van der Waals surface area contributed by atoms with Crippen LogP contribution in [0.5, 0.6) is 0 Å². The van der Waals surface area contributed by atoms with E-state index in [1.165, 1.54) is 311 Å². The fourth-order valence-corrected chi connectivity index (χ4v) is 24.3. The molecular formula is C92H122N2O2S3Se2. The molecule has 9 heteroatoms. The quantitative estimate of drug-likeness (QED) is 0.0282. The molecule has 0 bridgehead atoms. The number of aryl methyl sites for hydroxylation is 2. The summed E-state index contributed by atoms with van der Waals surface area (Å²) in [5.41, 5.74) is 5.76. The number of nitrogens with zero attached hydrogens (tertiary/aromatic N) is 2. The summed E-state index contributed by atoms with van der Waals surface area (Å²) in [5, 5.41) is 7.96. The fraction of sp³-hybridized carbons (Fsp3) is 0.543. The summed E-state index contributed by atoms with van der Waals surface area (Å²) in [6.45, 7) is 15.0. The SMILES string of the molecule is CCCCCCCCCCCCC(CCCCCCCCCC)CN1C(=O)C2=C(c3ccc(-c4ccc(-c5ccc6c(ccc7c8ccc9cc(C)ccc9c8sc67)c5)[se]4)s3)N(CC(CCCCCCCCCC)CCCCCCCCCCCC)C(=O)C2=C1c1ccc(-c2ccc(C)[se]2)s1. The minimum absolute atomic E-state index is 0.0618. The molecule has 4 aromatic carbocycles. The van der Waals surface area contributed by atoms with Gasteiger partial charge in [-0.2, -0.15) is 0 Å². The van der Waals surface area contributed by atoms with Crippen molar-refractivity contribution in [3.63, 3.8) is 0 Å². The van der Waals surface area contributed by atoms with Crippen LogP contribution in [0.25, 0.3) is 81.7 Å². The number of thiophene rings is 3. The van der Waals surface area contributed by atoms with Crippen LogP contribution in [0.4, 0.5) is 0 Å². The van der Waals surface area contributed by atoms with Crippen molar-refractivity contribution < 1.29 is 9.59 Å². The van der Waals surface area contributed by atoms with Crippen LogP contribution in [0.15, 0.2) is 120 Å². The molecule has 7 heterocycles. The van der Waals surface area contributed by atoms with Gasteiger partial charge in [0.25, 0.3) is 0 Å². The van der Waals surface area contributed by atoms with Crippen molar-refractivity contribution in [3.8, 4) is 28.6 Å². The molecule has 0 spiro atoms. The van der Waals surface area contributed by atoms with E-state index < -0.39 is 0 Å². The van der Waals surface area contributed by atoms with Gasteiger partial charge < -0.3 is 0 Å². The number of hydrogen-bond acceptors (Lipinski definition) is 5. The van der Waals surface area contributed by atoms with Gasteiger partial charge in [-0.25, -0.2) is 0 Å². The van der Waals surface area contributed by atoms with Crippen LogP contribution < -0.4 is 0 Å². The molecule has 9 aromatic rings. The van der Waals surface area contributed by atoms with E-state index in [0.29, 0.717) is 36.1 Å². The van der Waals surface area contributed by atoms with Gasteiger partial charge in [0.1, 0.15) is 0 Å². The summed E-state index contributed by atoms with van der Waals surface area (Å²) in [4.78, 5) is 42.0. The first-order valence-corrected chi connectivity index (χ1v) is 46.8. The molecule has 2 atom stereocenters. The second kappa shape index (κ2) is 40.8. The van der Waals surface area contributed by atoms with Crippen molar-refractivity contribution in [2.45, 2.75) is 298 Å². The van der Waals surface area contributed by atoms with Crippen LogP contribution in [-0.4, -0.2) is 63.7 Å². The number of unbranched alkanes of at least 4 members (excludes halogenated alkanes) is 32. The average molecular weight is 1540 g/mol. The molecule has 101 heavy (non-hydrogen) atoms. The van der Waals surface area contributed by atoms with E-state index in [4.69, 9.17) is 0 Å². The maximum atomic E-state index is 16.5. The average Bonchev–Trinajstić information content (AvgIpc) is 1.56. The van der Waals surface area contributed by atoms with Crippen molar-refractivity contribution in [1.29, 1.82) is 0 Å². The monoisotopic (exact) mass is 1540 g/mol. The van der Waals surface area contributed by atoms with Crippen molar-refractivity contribution in [3.05, 3.63) is 140 Å². The van der Waals surface area contributed by atoms with E-state index in [-0.39, 0.29) is 40.8 Å². The molecular weight excluding hydrogens is 1420 g/mol. The molecule has 0 radical (unpaired) electrons. The van der Waals surface area contributed by atoms with Crippen LogP contribution >= 0.6 is 34.0 Å². The van der Waals surface area contributed by atoms with E-state index in [1.54, 1.807) is 0 Å². The normalized spacial score (nSPS) is 14.2. The number of benzene rings is 4. The standard InChI is InChI=1S/C92H122N2O2S3Se2/c1-7-11-15-19-23-27-29-33-37-41-45-69(43-39-35-31-25-21-17-13-9-3)65-93-87(80-58-56-78(97-80)83-60-48-68(6)100-83)85-86(92(93)96)88(94(91(85)95)66-70(44-40-36-32-26-22-18-14-10-4)46-42-38-34-30-28-24-20-16-12-8-2)81-59-57-79(98-81)84-62-61-82(101-84)73-51-53-75-72(64-73)50-55-77-76-54-49-71-63-67(5)47-52-74(71)89(76)99-90(75)77/h47-64,69-70H,7-46,65-66H2,1-6H3. The number of hydrogen-bond donors (Lipinski definition) is 0. The summed E-state index contributed by atoms with van der Waals surface area (Å²) in [5.74, 6) is 0.862. The maximum absolute atomic E-state index is 16.5. The first-order chi connectivity index (χ1) is 49.7. The van der Waals surface area contributed by atoms with E-state index in [2.05, 4.69) is 161 Å². The van der Waals surface area contributed by atoms with E-state index in [0.717, 1.165) is 46.8 Å². The molecule has 2 aliphatic heterocycles. The topological polar surface area (TPSA) is 40.6 Å². The number of amides is 2.